The molecule has 1 N–H and O–H groups in total. The number of carbonyl (C=O) groups is 1. The van der Waals surface area contributed by atoms with Gasteiger partial charge >= 0.3 is 0 Å². The van der Waals surface area contributed by atoms with Crippen LogP contribution in [-0.2, 0) is 6.54 Å². The smallest absolute Gasteiger partial charge is 0.259 e. The molecule has 4 rings (SSSR count). The van der Waals surface area contributed by atoms with Crippen LogP contribution in [0.4, 0.5) is 0 Å². The van der Waals surface area contributed by atoms with E-state index >= 15 is 0 Å². The van der Waals surface area contributed by atoms with E-state index in [1.165, 1.54) is 11.1 Å². The van der Waals surface area contributed by atoms with Crippen LogP contribution in [-0.4, -0.2) is 64.7 Å². The van der Waals surface area contributed by atoms with E-state index in [1.54, 1.807) is 4.90 Å². The first kappa shape index (κ1) is 23.5. The Bertz CT molecular complexity index is 991. The monoisotopic (exact) mass is 449 g/mol. The number of nitrogens with zero attached hydrogens (tertiary/aromatic N) is 3. The van der Waals surface area contributed by atoms with Crippen molar-refractivity contribution < 1.29 is 14.6 Å². The van der Waals surface area contributed by atoms with Gasteiger partial charge in [-0.3, -0.25) is 9.69 Å². The van der Waals surface area contributed by atoms with Crippen LogP contribution < -0.4 is 4.74 Å². The van der Waals surface area contributed by atoms with Crippen LogP contribution in [0, 0.1) is 5.92 Å². The standard InChI is InChI=1S/C27H35N3O3/c1-19-15-30(20(2)18-31)27(32)24-13-23(22-11-7-8-12-22)14-28-26(24)33-25(19)17-29(3)16-21-9-5-4-6-10-21/h4-6,9-11,13-14,19-20,25,31H,7-8,12,15-18H2,1-3H3/t19-,20-,25-/m0/s1. The molecule has 0 saturated carbocycles. The van der Waals surface area contributed by atoms with Crippen molar-refractivity contribution in [2.75, 3.05) is 26.7 Å². The number of rotatable bonds is 7. The Morgan fingerprint density at radius 2 is 2.09 bits per heavy atom. The molecule has 1 aromatic carbocycles. The van der Waals surface area contributed by atoms with Gasteiger partial charge in [-0.25, -0.2) is 4.98 Å². The van der Waals surface area contributed by atoms with Gasteiger partial charge in [0.05, 0.1) is 12.6 Å². The van der Waals surface area contributed by atoms with Gasteiger partial charge in [0.25, 0.3) is 5.91 Å². The summed E-state index contributed by atoms with van der Waals surface area (Å²) in [4.78, 5) is 22.2. The Kier molecular flexibility index (Phi) is 7.46. The number of benzene rings is 1. The second kappa shape index (κ2) is 10.5. The number of aliphatic hydroxyl groups is 1. The fourth-order valence-electron chi connectivity index (χ4n) is 4.70. The topological polar surface area (TPSA) is 65.9 Å². The fraction of sp³-hybridized carbons (Fsp3) is 0.481. The molecule has 0 saturated heterocycles. The summed E-state index contributed by atoms with van der Waals surface area (Å²) in [5.41, 5.74) is 3.97. The van der Waals surface area contributed by atoms with E-state index in [0.717, 1.165) is 31.4 Å². The molecule has 1 aliphatic heterocycles. The lowest BCUT2D eigenvalue weighted by molar-refractivity contribution is 0.0325. The Balaban J connectivity index is 1.62. The lowest BCUT2D eigenvalue weighted by Crippen LogP contribution is -2.49. The molecule has 0 fully saturated rings. The first-order valence-corrected chi connectivity index (χ1v) is 12.0. The molecule has 2 aromatic rings. The Morgan fingerprint density at radius 3 is 2.79 bits per heavy atom. The van der Waals surface area contributed by atoms with Gasteiger partial charge in [0.2, 0.25) is 5.88 Å². The molecular formula is C27H35N3O3. The van der Waals surface area contributed by atoms with E-state index in [2.05, 4.69) is 54.2 Å². The molecule has 6 heteroatoms. The SMILES string of the molecule is C[C@H]1CN([C@@H](C)CO)C(=O)c2cc(C3=CCCC3)cnc2O[C@H]1CN(C)Cc1ccccc1. The minimum absolute atomic E-state index is 0.0772. The van der Waals surface area contributed by atoms with Crippen LogP contribution in [0.5, 0.6) is 5.88 Å². The molecule has 0 radical (unpaired) electrons. The van der Waals surface area contributed by atoms with Crippen molar-refractivity contribution in [3.05, 3.63) is 65.4 Å². The number of aromatic nitrogens is 1. The van der Waals surface area contributed by atoms with E-state index < -0.39 is 0 Å². The van der Waals surface area contributed by atoms with Crippen molar-refractivity contribution in [1.29, 1.82) is 0 Å². The highest BCUT2D eigenvalue weighted by Gasteiger charge is 2.34. The lowest BCUT2D eigenvalue weighted by atomic mass is 9.99. The maximum absolute atomic E-state index is 13.5. The second-order valence-electron chi connectivity index (χ2n) is 9.50. The van der Waals surface area contributed by atoms with Gasteiger partial charge in [-0.15, -0.1) is 0 Å². The van der Waals surface area contributed by atoms with E-state index in [1.807, 2.05) is 25.3 Å². The van der Waals surface area contributed by atoms with E-state index in [0.29, 0.717) is 24.5 Å². The highest BCUT2D eigenvalue weighted by Crippen LogP contribution is 2.32. The second-order valence-corrected chi connectivity index (χ2v) is 9.50. The predicted molar refractivity (Wildman–Crippen MR) is 130 cm³/mol. The summed E-state index contributed by atoms with van der Waals surface area (Å²) in [6.45, 7) is 5.96. The third kappa shape index (κ3) is 5.45. The number of allylic oxidation sites excluding steroid dienone is 2. The Morgan fingerprint density at radius 1 is 1.30 bits per heavy atom. The van der Waals surface area contributed by atoms with Crippen molar-refractivity contribution in [2.45, 2.75) is 51.8 Å². The highest BCUT2D eigenvalue weighted by atomic mass is 16.5. The molecular weight excluding hydrogens is 414 g/mol. The van der Waals surface area contributed by atoms with Crippen molar-refractivity contribution in [1.82, 2.24) is 14.8 Å². The number of fused-ring (bicyclic) bond motifs is 1. The van der Waals surface area contributed by atoms with E-state index in [4.69, 9.17) is 4.74 Å². The maximum Gasteiger partial charge on any atom is 0.259 e. The molecule has 176 valence electrons. The van der Waals surface area contributed by atoms with Gasteiger partial charge in [0, 0.05) is 31.7 Å². The summed E-state index contributed by atoms with van der Waals surface area (Å²) in [5, 5.41) is 9.85. The number of hydrogen-bond donors (Lipinski definition) is 1. The molecule has 1 aromatic heterocycles. The quantitative estimate of drug-likeness (QED) is 0.692. The summed E-state index contributed by atoms with van der Waals surface area (Å²) < 4.78 is 6.43. The van der Waals surface area contributed by atoms with Crippen LogP contribution in [0.15, 0.2) is 48.7 Å². The molecule has 2 aliphatic rings. The van der Waals surface area contributed by atoms with Crippen LogP contribution >= 0.6 is 0 Å². The molecule has 1 amide bonds. The zero-order valence-electron chi connectivity index (χ0n) is 19.9. The molecule has 1 aliphatic carbocycles. The number of pyridine rings is 1. The molecule has 3 atom stereocenters. The van der Waals surface area contributed by atoms with Crippen LogP contribution in [0.2, 0.25) is 0 Å². The first-order chi connectivity index (χ1) is 16.0. The van der Waals surface area contributed by atoms with Crippen LogP contribution in [0.3, 0.4) is 0 Å². The molecule has 2 heterocycles. The average molecular weight is 450 g/mol. The van der Waals surface area contributed by atoms with Crippen molar-refractivity contribution in [3.8, 4) is 5.88 Å². The largest absolute Gasteiger partial charge is 0.472 e. The minimum atomic E-state index is -0.275. The van der Waals surface area contributed by atoms with Crippen molar-refractivity contribution >= 4 is 11.5 Å². The average Bonchev–Trinajstić information content (AvgIpc) is 3.36. The predicted octanol–water partition coefficient (Wildman–Crippen LogP) is 4.00. The van der Waals surface area contributed by atoms with Crippen molar-refractivity contribution in [2.24, 2.45) is 5.92 Å². The number of ether oxygens (including phenoxy) is 1. The summed E-state index contributed by atoms with van der Waals surface area (Å²) >= 11 is 0. The minimum Gasteiger partial charge on any atom is -0.472 e. The third-order valence-electron chi connectivity index (χ3n) is 6.72. The molecule has 0 bridgehead atoms. The zero-order chi connectivity index (χ0) is 23.4. The van der Waals surface area contributed by atoms with Crippen LogP contribution in [0.25, 0.3) is 5.57 Å². The van der Waals surface area contributed by atoms with Gasteiger partial charge in [-0.05, 0) is 56.0 Å². The highest BCUT2D eigenvalue weighted by molar-refractivity contribution is 5.97. The van der Waals surface area contributed by atoms with Gasteiger partial charge in [-0.2, -0.15) is 0 Å². The fourth-order valence-corrected chi connectivity index (χ4v) is 4.70. The number of amides is 1. The van der Waals surface area contributed by atoms with Gasteiger partial charge < -0.3 is 14.7 Å². The summed E-state index contributed by atoms with van der Waals surface area (Å²) in [6, 6.07) is 12.0. The van der Waals surface area contributed by atoms with E-state index in [9.17, 15) is 9.90 Å². The Hall–Kier alpha value is -2.70. The summed E-state index contributed by atoms with van der Waals surface area (Å²) in [6.07, 6.45) is 7.14. The third-order valence-corrected chi connectivity index (χ3v) is 6.72. The lowest BCUT2D eigenvalue weighted by Gasteiger charge is -2.37. The first-order valence-electron chi connectivity index (χ1n) is 12.0. The molecule has 6 nitrogen and oxygen atoms in total. The molecule has 0 unspecified atom stereocenters. The number of aliphatic hydroxyl groups excluding tert-OH is 1. The molecule has 33 heavy (non-hydrogen) atoms. The Labute approximate surface area is 196 Å². The normalized spacial score (nSPS) is 21.8. The summed E-state index contributed by atoms with van der Waals surface area (Å²) in [7, 11) is 2.09. The number of hydrogen-bond acceptors (Lipinski definition) is 5. The van der Waals surface area contributed by atoms with Crippen LogP contribution in [0.1, 0.15) is 54.6 Å². The number of carbonyl (C=O) groups excluding carboxylic acids is 1. The van der Waals surface area contributed by atoms with Crippen molar-refractivity contribution in [3.63, 3.8) is 0 Å². The zero-order valence-corrected chi connectivity index (χ0v) is 19.9. The molecule has 0 spiro atoms. The maximum atomic E-state index is 13.5. The number of likely N-dealkylation sites (N-methyl/N-ethyl adjacent to an activating group) is 1. The van der Waals surface area contributed by atoms with Gasteiger partial charge in [0.15, 0.2) is 0 Å². The van der Waals surface area contributed by atoms with E-state index in [-0.39, 0.29) is 30.6 Å². The van der Waals surface area contributed by atoms with Gasteiger partial charge in [-0.1, -0.05) is 43.3 Å². The summed E-state index contributed by atoms with van der Waals surface area (Å²) in [5.74, 6) is 0.345. The van der Waals surface area contributed by atoms with Gasteiger partial charge in [0.1, 0.15) is 11.7 Å².